The van der Waals surface area contributed by atoms with Gasteiger partial charge in [0.2, 0.25) is 0 Å². The van der Waals surface area contributed by atoms with Crippen LogP contribution in [0.2, 0.25) is 0 Å². The molecule has 156 valence electrons. The van der Waals surface area contributed by atoms with Gasteiger partial charge in [-0.15, -0.1) is 6.61 Å². The van der Waals surface area contributed by atoms with Gasteiger partial charge in [0.05, 0.1) is 13.2 Å². The van der Waals surface area contributed by atoms with Crippen LogP contribution in [-0.2, 0) is 14.2 Å². The van der Waals surface area contributed by atoms with Gasteiger partial charge < -0.3 is 35.7 Å². The predicted molar refractivity (Wildman–Crippen MR) is 101 cm³/mol. The smallest absolute Gasteiger partial charge is 1.00 e. The van der Waals surface area contributed by atoms with E-state index in [2.05, 4.69) is 9.80 Å². The maximum Gasteiger partial charge on any atom is 1.00 e. The zero-order valence-corrected chi connectivity index (χ0v) is 25.1. The van der Waals surface area contributed by atoms with E-state index in [1.165, 1.54) is 12.8 Å². The zero-order valence-electron chi connectivity index (χ0n) is 19.9. The van der Waals surface area contributed by atoms with Crippen LogP contribution in [0.25, 0.3) is 0 Å². The largest absolute Gasteiger partial charge is 1.00 e. The quantitative estimate of drug-likeness (QED) is 0.237. The minimum Gasteiger partial charge on any atom is -1.00 e. The van der Waals surface area contributed by atoms with Crippen molar-refractivity contribution in [2.24, 2.45) is 0 Å². The molecule has 0 unspecified atom stereocenters. The summed E-state index contributed by atoms with van der Waals surface area (Å²) in [6, 6.07) is 0. The van der Waals surface area contributed by atoms with Crippen molar-refractivity contribution in [3.8, 4) is 0 Å². The average Bonchev–Trinajstić information content (AvgIpc) is 3.14. The van der Waals surface area contributed by atoms with Crippen molar-refractivity contribution in [2.45, 2.75) is 25.7 Å². The number of aliphatic hydroxyl groups excluding tert-OH is 1. The summed E-state index contributed by atoms with van der Waals surface area (Å²) in [5, 5.41) is 18.2. The van der Waals surface area contributed by atoms with Crippen LogP contribution in [0.4, 0.5) is 0 Å². The molecule has 0 atom stereocenters. The molecule has 0 spiro atoms. The van der Waals surface area contributed by atoms with Gasteiger partial charge in [0.1, 0.15) is 0 Å². The van der Waals surface area contributed by atoms with Gasteiger partial charge in [-0.3, -0.25) is 0 Å². The molecule has 0 aromatic carbocycles. The molecule has 0 radical (unpaired) electrons. The van der Waals surface area contributed by atoms with Gasteiger partial charge in [0.15, 0.2) is 0 Å². The third kappa shape index (κ3) is 43.7. The van der Waals surface area contributed by atoms with E-state index < -0.39 is 0 Å². The Morgan fingerprint density at radius 1 is 0.852 bits per heavy atom. The van der Waals surface area contributed by atoms with Gasteiger partial charge in [-0.05, 0) is 67.0 Å². The summed E-state index contributed by atoms with van der Waals surface area (Å²) >= 11 is 0. The number of nitrogens with zero attached hydrogens (tertiary/aromatic N) is 2. The molecule has 1 N–H and O–H groups in total. The minimum atomic E-state index is -0.123. The molecule has 1 fully saturated rings. The molecule has 0 bridgehead atoms. The molecule has 1 aliphatic heterocycles. The van der Waals surface area contributed by atoms with E-state index in [1.807, 2.05) is 28.2 Å². The SMILES string of the molecule is C1CCOC1.CN(C)CCCOCCO.CN(C)CCCOCC[O-].[H-].[K+].[K+]. The van der Waals surface area contributed by atoms with Crippen LogP contribution in [-0.4, -0.2) is 109 Å². The van der Waals surface area contributed by atoms with E-state index in [9.17, 15) is 5.11 Å². The van der Waals surface area contributed by atoms with Crippen LogP contribution in [0.15, 0.2) is 0 Å². The molecule has 1 saturated heterocycles. The maximum atomic E-state index is 9.89. The van der Waals surface area contributed by atoms with E-state index >= 15 is 0 Å². The van der Waals surface area contributed by atoms with Gasteiger partial charge >= 0.3 is 103 Å². The summed E-state index contributed by atoms with van der Waals surface area (Å²) in [6.07, 6.45) is 4.60. The molecule has 0 amide bonds. The molecule has 1 rings (SSSR count). The molecular formula is C18H42K2N2O5. The average molecular weight is 445 g/mol. The Kier molecular flexibility index (Phi) is 46.5. The second-order valence-electron chi connectivity index (χ2n) is 6.29. The van der Waals surface area contributed by atoms with Crippen molar-refractivity contribution in [2.75, 3.05) is 94.1 Å². The summed E-state index contributed by atoms with van der Waals surface area (Å²) in [5.41, 5.74) is 0. The summed E-state index contributed by atoms with van der Waals surface area (Å²) in [4.78, 5) is 4.21. The van der Waals surface area contributed by atoms with Crippen LogP contribution in [0, 0.1) is 0 Å². The van der Waals surface area contributed by atoms with E-state index in [1.54, 1.807) is 0 Å². The zero-order chi connectivity index (χ0) is 19.2. The number of hydrogen-bond donors (Lipinski definition) is 1. The summed E-state index contributed by atoms with van der Waals surface area (Å²) in [6.45, 7) is 6.36. The Hall–Kier alpha value is 2.99. The molecule has 7 nitrogen and oxygen atoms in total. The van der Waals surface area contributed by atoms with Gasteiger partial charge in [-0.25, -0.2) is 0 Å². The minimum absolute atomic E-state index is 0. The van der Waals surface area contributed by atoms with E-state index in [0.29, 0.717) is 19.8 Å². The van der Waals surface area contributed by atoms with Crippen LogP contribution in [0.5, 0.6) is 0 Å². The van der Waals surface area contributed by atoms with Crippen molar-refractivity contribution in [1.82, 2.24) is 9.80 Å². The fraction of sp³-hybridized carbons (Fsp3) is 1.00. The van der Waals surface area contributed by atoms with Crippen LogP contribution in [0.1, 0.15) is 27.1 Å². The van der Waals surface area contributed by atoms with Gasteiger partial charge in [0, 0.05) is 33.0 Å². The first-order valence-corrected chi connectivity index (χ1v) is 9.26. The number of ether oxygens (including phenoxy) is 3. The van der Waals surface area contributed by atoms with E-state index in [-0.39, 0.29) is 117 Å². The molecule has 0 aromatic heterocycles. The molecule has 0 saturated carbocycles. The molecule has 1 heterocycles. The van der Waals surface area contributed by atoms with Gasteiger partial charge in [-0.1, -0.05) is 0 Å². The van der Waals surface area contributed by atoms with E-state index in [0.717, 1.165) is 45.8 Å². The molecule has 9 heteroatoms. The third-order valence-electron chi connectivity index (χ3n) is 3.08. The van der Waals surface area contributed by atoms with Gasteiger partial charge in [-0.2, -0.15) is 0 Å². The number of hydrogen-bond acceptors (Lipinski definition) is 7. The molecule has 0 aromatic rings. The Bertz CT molecular complexity index is 218. The predicted octanol–water partition coefficient (Wildman–Crippen LogP) is -5.82. The Labute approximate surface area is 254 Å². The summed E-state index contributed by atoms with van der Waals surface area (Å²) in [7, 11) is 8.11. The Morgan fingerprint density at radius 3 is 1.59 bits per heavy atom. The fourth-order valence-electron chi connectivity index (χ4n) is 1.80. The second-order valence-corrected chi connectivity index (χ2v) is 6.29. The monoisotopic (exact) mass is 444 g/mol. The van der Waals surface area contributed by atoms with Crippen LogP contribution >= 0.6 is 0 Å². The molecule has 0 aliphatic carbocycles. The topological polar surface area (TPSA) is 77.5 Å². The van der Waals surface area contributed by atoms with Gasteiger partial charge in [0.25, 0.3) is 0 Å². The Morgan fingerprint density at radius 2 is 1.30 bits per heavy atom. The molecular weight excluding hydrogens is 402 g/mol. The first kappa shape index (κ1) is 37.3. The third-order valence-corrected chi connectivity index (χ3v) is 3.08. The van der Waals surface area contributed by atoms with Crippen molar-refractivity contribution in [3.63, 3.8) is 0 Å². The second kappa shape index (κ2) is 33.6. The molecule has 1 aliphatic rings. The standard InChI is InChI=1S/C7H17NO2.C7H16NO2.C4H8O.2K.H/c2*1-8(2)4-3-6-10-7-5-9;1-2-4-5-3-1;;;/h9H,3-7H2,1-2H3;3-7H2,1-2H3;1-4H2;;;/q;-1;;2*+1;-1. The van der Waals surface area contributed by atoms with Crippen molar-refractivity contribution in [3.05, 3.63) is 0 Å². The molecule has 27 heavy (non-hydrogen) atoms. The normalized spacial score (nSPS) is 12.4. The number of aliphatic hydroxyl groups is 1. The first-order valence-electron chi connectivity index (χ1n) is 9.26. The van der Waals surface area contributed by atoms with Crippen molar-refractivity contribution < 1.29 is 129 Å². The van der Waals surface area contributed by atoms with Crippen molar-refractivity contribution in [1.29, 1.82) is 0 Å². The van der Waals surface area contributed by atoms with Crippen molar-refractivity contribution >= 4 is 0 Å². The summed E-state index contributed by atoms with van der Waals surface area (Å²) in [5.74, 6) is 0. The van der Waals surface area contributed by atoms with Crippen LogP contribution < -0.4 is 108 Å². The maximum absolute atomic E-state index is 9.89. The summed E-state index contributed by atoms with van der Waals surface area (Å²) < 4.78 is 15.0. The fourth-order valence-corrected chi connectivity index (χ4v) is 1.80. The number of rotatable bonds is 12. The first-order chi connectivity index (χ1) is 12.0. The van der Waals surface area contributed by atoms with E-state index in [4.69, 9.17) is 19.3 Å². The van der Waals surface area contributed by atoms with Crippen LogP contribution in [0.3, 0.4) is 0 Å². The Balaban J connectivity index is -0.0000000933.